The van der Waals surface area contributed by atoms with Crippen molar-refractivity contribution in [1.82, 2.24) is 5.32 Å². The van der Waals surface area contributed by atoms with Crippen molar-refractivity contribution in [2.45, 2.75) is 45.1 Å². The van der Waals surface area contributed by atoms with Crippen molar-refractivity contribution >= 4 is 12.1 Å². The Morgan fingerprint density at radius 3 is 2.50 bits per heavy atom. The minimum atomic E-state index is -0.745. The molecule has 0 aliphatic carbocycles. The van der Waals surface area contributed by atoms with Crippen LogP contribution in [0.1, 0.15) is 39.0 Å². The van der Waals surface area contributed by atoms with Gasteiger partial charge in [-0.15, -0.1) is 13.2 Å². The van der Waals surface area contributed by atoms with Gasteiger partial charge in [0.2, 0.25) is 0 Å². The van der Waals surface area contributed by atoms with Crippen molar-refractivity contribution in [1.29, 1.82) is 0 Å². The average Bonchev–Trinajstić information content (AvgIpc) is 2.43. The number of alkyl carbamates (subject to hydrolysis) is 1. The molecule has 114 valence electrons. The molecule has 0 bridgehead atoms. The number of ether oxygens (including phenoxy) is 2. The van der Waals surface area contributed by atoms with Crippen LogP contribution in [0.2, 0.25) is 0 Å². The summed E-state index contributed by atoms with van der Waals surface area (Å²) in [5, 5.41) is 2.48. The smallest absolute Gasteiger partial charge is 0.407 e. The molecule has 0 saturated carbocycles. The van der Waals surface area contributed by atoms with Gasteiger partial charge >= 0.3 is 12.1 Å². The third-order valence-corrected chi connectivity index (χ3v) is 2.53. The van der Waals surface area contributed by atoms with E-state index in [1.807, 2.05) is 0 Å². The van der Waals surface area contributed by atoms with Crippen molar-refractivity contribution in [3.05, 3.63) is 25.3 Å². The van der Waals surface area contributed by atoms with E-state index in [-0.39, 0.29) is 6.61 Å². The zero-order chi connectivity index (χ0) is 15.2. The van der Waals surface area contributed by atoms with Crippen molar-refractivity contribution < 1.29 is 19.1 Å². The Balaban J connectivity index is 4.11. The maximum absolute atomic E-state index is 11.8. The van der Waals surface area contributed by atoms with Crippen LogP contribution in [-0.4, -0.2) is 31.3 Å². The highest BCUT2D eigenvalue weighted by Gasteiger charge is 2.21. The summed E-state index contributed by atoms with van der Waals surface area (Å²) in [7, 11) is 0. The highest BCUT2D eigenvalue weighted by atomic mass is 16.6. The number of esters is 1. The van der Waals surface area contributed by atoms with Gasteiger partial charge in [0.25, 0.3) is 0 Å². The molecule has 1 atom stereocenters. The molecular formula is C15H25NO4. The van der Waals surface area contributed by atoms with Crippen molar-refractivity contribution in [2.24, 2.45) is 0 Å². The molecule has 0 aliphatic rings. The second kappa shape index (κ2) is 12.3. The standard InChI is InChI=1S/C15H25NO4/c1-4-7-9-12-19-14(17)13(10-6-3)16-15(18)20-11-8-5-2/h5-6,13H,2-4,7-12H2,1H3,(H,16,18). The summed E-state index contributed by atoms with van der Waals surface area (Å²) in [5.74, 6) is -0.457. The first-order chi connectivity index (χ1) is 9.65. The van der Waals surface area contributed by atoms with E-state index in [0.29, 0.717) is 19.4 Å². The van der Waals surface area contributed by atoms with Gasteiger partial charge in [0.1, 0.15) is 6.04 Å². The number of nitrogens with one attached hydrogen (secondary N) is 1. The lowest BCUT2D eigenvalue weighted by atomic mass is 10.2. The molecule has 0 heterocycles. The Morgan fingerprint density at radius 1 is 1.15 bits per heavy atom. The molecule has 5 nitrogen and oxygen atoms in total. The summed E-state index contributed by atoms with van der Waals surface area (Å²) in [4.78, 5) is 23.3. The minimum absolute atomic E-state index is 0.238. The topological polar surface area (TPSA) is 64.6 Å². The summed E-state index contributed by atoms with van der Waals surface area (Å²) in [6, 6.07) is -0.745. The Morgan fingerprint density at radius 2 is 1.90 bits per heavy atom. The van der Waals surface area contributed by atoms with E-state index < -0.39 is 18.1 Å². The van der Waals surface area contributed by atoms with Crippen molar-refractivity contribution in [2.75, 3.05) is 13.2 Å². The molecule has 1 N–H and O–H groups in total. The number of hydrogen-bond donors (Lipinski definition) is 1. The van der Waals surface area contributed by atoms with Gasteiger partial charge in [-0.05, 0) is 19.3 Å². The second-order valence-electron chi connectivity index (χ2n) is 4.31. The first-order valence-electron chi connectivity index (χ1n) is 6.97. The number of amides is 1. The van der Waals surface area contributed by atoms with Crippen LogP contribution in [0.4, 0.5) is 4.79 Å². The Labute approximate surface area is 121 Å². The Hall–Kier alpha value is -1.78. The van der Waals surface area contributed by atoms with E-state index >= 15 is 0 Å². The van der Waals surface area contributed by atoms with Crippen LogP contribution < -0.4 is 5.32 Å². The first-order valence-corrected chi connectivity index (χ1v) is 6.97. The summed E-state index contributed by atoms with van der Waals surface area (Å²) < 4.78 is 10.0. The lowest BCUT2D eigenvalue weighted by Crippen LogP contribution is -2.42. The summed E-state index contributed by atoms with van der Waals surface area (Å²) >= 11 is 0. The van der Waals surface area contributed by atoms with E-state index in [1.165, 1.54) is 0 Å². The third kappa shape index (κ3) is 9.19. The predicted octanol–water partition coefficient (Wildman–Crippen LogP) is 2.97. The lowest BCUT2D eigenvalue weighted by Gasteiger charge is -2.16. The van der Waals surface area contributed by atoms with Gasteiger partial charge in [-0.3, -0.25) is 0 Å². The van der Waals surface area contributed by atoms with E-state index in [1.54, 1.807) is 12.2 Å². The van der Waals surface area contributed by atoms with Gasteiger partial charge in [-0.25, -0.2) is 9.59 Å². The number of hydrogen-bond acceptors (Lipinski definition) is 4. The van der Waals surface area contributed by atoms with Gasteiger partial charge in [-0.2, -0.15) is 0 Å². The normalized spacial score (nSPS) is 11.2. The highest BCUT2D eigenvalue weighted by molar-refractivity contribution is 5.81. The molecular weight excluding hydrogens is 258 g/mol. The van der Waals surface area contributed by atoms with Crippen LogP contribution in [0.5, 0.6) is 0 Å². The molecule has 0 aliphatic heterocycles. The third-order valence-electron chi connectivity index (χ3n) is 2.53. The zero-order valence-corrected chi connectivity index (χ0v) is 12.2. The van der Waals surface area contributed by atoms with E-state index in [2.05, 4.69) is 25.4 Å². The maximum atomic E-state index is 11.8. The summed E-state index contributed by atoms with van der Waals surface area (Å²) in [5.41, 5.74) is 0. The molecule has 0 saturated heterocycles. The molecule has 20 heavy (non-hydrogen) atoms. The van der Waals surface area contributed by atoms with Crippen LogP contribution in [-0.2, 0) is 14.3 Å². The molecule has 1 amide bonds. The number of carbonyl (C=O) groups excluding carboxylic acids is 2. The largest absolute Gasteiger partial charge is 0.464 e. The van der Waals surface area contributed by atoms with Gasteiger partial charge < -0.3 is 14.8 Å². The predicted molar refractivity (Wildman–Crippen MR) is 78.4 cm³/mol. The quantitative estimate of drug-likeness (QED) is 0.360. The number of unbranched alkanes of at least 4 members (excludes halogenated alkanes) is 2. The molecule has 5 heteroatoms. The van der Waals surface area contributed by atoms with Gasteiger partial charge in [0, 0.05) is 0 Å². The molecule has 0 rings (SSSR count). The fourth-order valence-corrected chi connectivity index (χ4v) is 1.43. The Bertz CT molecular complexity index is 315. The van der Waals surface area contributed by atoms with Crippen LogP contribution in [0, 0.1) is 0 Å². The molecule has 0 aromatic rings. The fourth-order valence-electron chi connectivity index (χ4n) is 1.43. The monoisotopic (exact) mass is 283 g/mol. The van der Waals surface area contributed by atoms with Crippen molar-refractivity contribution in [3.8, 4) is 0 Å². The zero-order valence-electron chi connectivity index (χ0n) is 12.2. The number of rotatable bonds is 11. The number of carbonyl (C=O) groups is 2. The summed E-state index contributed by atoms with van der Waals surface area (Å²) in [6.45, 7) is 9.77. The maximum Gasteiger partial charge on any atom is 0.407 e. The van der Waals surface area contributed by atoms with E-state index in [4.69, 9.17) is 9.47 Å². The fraction of sp³-hybridized carbons (Fsp3) is 0.600. The molecule has 0 fully saturated rings. The highest BCUT2D eigenvalue weighted by Crippen LogP contribution is 2.01. The van der Waals surface area contributed by atoms with Crippen LogP contribution >= 0.6 is 0 Å². The van der Waals surface area contributed by atoms with Crippen LogP contribution in [0.3, 0.4) is 0 Å². The second-order valence-corrected chi connectivity index (χ2v) is 4.31. The molecule has 0 aromatic heterocycles. The van der Waals surface area contributed by atoms with Gasteiger partial charge in [0.15, 0.2) is 0 Å². The molecule has 0 spiro atoms. The molecule has 0 aromatic carbocycles. The minimum Gasteiger partial charge on any atom is -0.464 e. The van der Waals surface area contributed by atoms with Crippen molar-refractivity contribution in [3.63, 3.8) is 0 Å². The van der Waals surface area contributed by atoms with Crippen LogP contribution in [0.25, 0.3) is 0 Å². The lowest BCUT2D eigenvalue weighted by molar-refractivity contribution is -0.146. The van der Waals surface area contributed by atoms with Gasteiger partial charge in [0.05, 0.1) is 13.2 Å². The molecule has 1 unspecified atom stereocenters. The Kier molecular flexibility index (Phi) is 11.2. The van der Waals surface area contributed by atoms with Crippen LogP contribution in [0.15, 0.2) is 25.3 Å². The van der Waals surface area contributed by atoms with E-state index in [9.17, 15) is 9.59 Å². The first kappa shape index (κ1) is 18.2. The SMILES string of the molecule is C=CCCOC(=O)NC(CC=C)C(=O)OCCCCC. The van der Waals surface area contributed by atoms with Gasteiger partial charge in [-0.1, -0.05) is 31.9 Å². The summed E-state index contributed by atoms with van der Waals surface area (Å²) in [6.07, 6.45) is 6.34. The van der Waals surface area contributed by atoms with E-state index in [0.717, 1.165) is 19.3 Å². The molecule has 0 radical (unpaired) electrons. The average molecular weight is 283 g/mol.